The third-order valence-corrected chi connectivity index (χ3v) is 5.12. The topological polar surface area (TPSA) is 26.3 Å². The number of rotatable bonds is 5. The van der Waals surface area contributed by atoms with Crippen molar-refractivity contribution in [1.82, 2.24) is 0 Å². The van der Waals surface area contributed by atoms with Crippen LogP contribution in [0.3, 0.4) is 0 Å². The lowest BCUT2D eigenvalue weighted by Crippen LogP contribution is -2.10. The maximum atomic E-state index is 12.2. The Morgan fingerprint density at radius 3 is 2.72 bits per heavy atom. The van der Waals surface area contributed by atoms with Gasteiger partial charge in [0.1, 0.15) is 5.75 Å². The Balaban J connectivity index is 1.99. The van der Waals surface area contributed by atoms with Gasteiger partial charge in [-0.3, -0.25) is 4.21 Å². The van der Waals surface area contributed by atoms with Crippen molar-refractivity contribution in [2.45, 2.75) is 38.4 Å². The zero-order valence-corrected chi connectivity index (χ0v) is 12.1. The number of ether oxygens (including phenoxy) is 1. The van der Waals surface area contributed by atoms with Crippen LogP contribution in [0.1, 0.15) is 36.8 Å². The highest BCUT2D eigenvalue weighted by Gasteiger charge is 2.18. The van der Waals surface area contributed by atoms with E-state index in [9.17, 15) is 4.21 Å². The SMILES string of the molecule is COc1ccc(C)cc1C[S@@](=O)CC1CCCC1. The summed E-state index contributed by atoms with van der Waals surface area (Å²) in [6.07, 6.45) is 5.15. The van der Waals surface area contributed by atoms with Gasteiger partial charge in [0.05, 0.1) is 12.9 Å². The standard InChI is InChI=1S/C15H22O2S/c1-12-7-8-15(17-2)14(9-12)11-18(16)10-13-5-3-4-6-13/h7-9,13H,3-6,10-11H2,1-2H3/t18-/m0/s1. The number of hydrogen-bond donors (Lipinski definition) is 0. The van der Waals surface area contributed by atoms with Crippen molar-refractivity contribution < 1.29 is 8.95 Å². The molecule has 0 radical (unpaired) electrons. The van der Waals surface area contributed by atoms with E-state index in [2.05, 4.69) is 13.0 Å². The molecule has 0 unspecified atom stereocenters. The van der Waals surface area contributed by atoms with Gasteiger partial charge in [-0.1, -0.05) is 30.5 Å². The molecule has 1 aromatic rings. The lowest BCUT2D eigenvalue weighted by Gasteiger charge is -2.11. The summed E-state index contributed by atoms with van der Waals surface area (Å²) in [7, 11) is 0.914. The minimum absolute atomic E-state index is 0.626. The van der Waals surface area contributed by atoms with E-state index in [1.807, 2.05) is 12.1 Å². The molecule has 1 aromatic carbocycles. The lowest BCUT2D eigenvalue weighted by atomic mass is 10.1. The molecule has 0 aromatic heterocycles. The fraction of sp³-hybridized carbons (Fsp3) is 0.600. The van der Waals surface area contributed by atoms with Gasteiger partial charge in [0.2, 0.25) is 0 Å². The zero-order valence-electron chi connectivity index (χ0n) is 11.3. The molecule has 0 bridgehead atoms. The molecule has 1 aliphatic carbocycles. The Bertz CT molecular complexity index is 423. The van der Waals surface area contributed by atoms with Crippen LogP contribution in [0.5, 0.6) is 5.75 Å². The van der Waals surface area contributed by atoms with Crippen LogP contribution in [0.2, 0.25) is 0 Å². The number of aryl methyl sites for hydroxylation is 1. The van der Waals surface area contributed by atoms with Crippen LogP contribution in [0.4, 0.5) is 0 Å². The second-order valence-electron chi connectivity index (χ2n) is 5.22. The molecule has 1 saturated carbocycles. The molecule has 2 rings (SSSR count). The van der Waals surface area contributed by atoms with Crippen LogP contribution in [0.25, 0.3) is 0 Å². The van der Waals surface area contributed by atoms with E-state index in [0.29, 0.717) is 11.7 Å². The van der Waals surface area contributed by atoms with Gasteiger partial charge in [-0.05, 0) is 31.7 Å². The molecule has 0 heterocycles. The van der Waals surface area contributed by atoms with E-state index >= 15 is 0 Å². The predicted octanol–water partition coefficient (Wildman–Crippen LogP) is 3.44. The van der Waals surface area contributed by atoms with E-state index < -0.39 is 10.8 Å². The van der Waals surface area contributed by atoms with Gasteiger partial charge < -0.3 is 4.74 Å². The van der Waals surface area contributed by atoms with Crippen molar-refractivity contribution in [3.05, 3.63) is 29.3 Å². The summed E-state index contributed by atoms with van der Waals surface area (Å²) in [5.41, 5.74) is 2.28. The molecule has 0 aliphatic heterocycles. The molecule has 1 atom stereocenters. The largest absolute Gasteiger partial charge is 0.496 e. The van der Waals surface area contributed by atoms with E-state index in [-0.39, 0.29) is 0 Å². The van der Waals surface area contributed by atoms with E-state index in [4.69, 9.17) is 4.74 Å². The molecule has 2 nitrogen and oxygen atoms in total. The van der Waals surface area contributed by atoms with Gasteiger partial charge in [0, 0.05) is 22.1 Å². The first-order valence-corrected chi connectivity index (χ1v) is 8.16. The molecular weight excluding hydrogens is 244 g/mol. The minimum atomic E-state index is -0.761. The quantitative estimate of drug-likeness (QED) is 0.816. The maximum Gasteiger partial charge on any atom is 0.123 e. The van der Waals surface area contributed by atoms with Crippen LogP contribution in [0.15, 0.2) is 18.2 Å². The predicted molar refractivity (Wildman–Crippen MR) is 76.4 cm³/mol. The van der Waals surface area contributed by atoms with E-state index in [1.54, 1.807) is 7.11 Å². The van der Waals surface area contributed by atoms with Crippen LogP contribution >= 0.6 is 0 Å². The molecular formula is C15H22O2S. The van der Waals surface area contributed by atoms with E-state index in [0.717, 1.165) is 17.1 Å². The summed E-state index contributed by atoms with van der Waals surface area (Å²) in [6.45, 7) is 2.06. The Morgan fingerprint density at radius 1 is 1.33 bits per heavy atom. The summed E-state index contributed by atoms with van der Waals surface area (Å²) in [5.74, 6) is 3.03. The van der Waals surface area contributed by atoms with Crippen molar-refractivity contribution in [1.29, 1.82) is 0 Å². The molecule has 18 heavy (non-hydrogen) atoms. The Hall–Kier alpha value is -0.830. The first-order chi connectivity index (χ1) is 8.69. The molecule has 0 amide bonds. The van der Waals surface area contributed by atoms with Crippen molar-refractivity contribution in [3.8, 4) is 5.75 Å². The van der Waals surface area contributed by atoms with Gasteiger partial charge >= 0.3 is 0 Å². The maximum absolute atomic E-state index is 12.2. The van der Waals surface area contributed by atoms with Crippen LogP contribution in [-0.4, -0.2) is 17.1 Å². The molecule has 1 fully saturated rings. The molecule has 0 spiro atoms. The average Bonchev–Trinajstić information content (AvgIpc) is 2.82. The second-order valence-corrected chi connectivity index (χ2v) is 6.72. The van der Waals surface area contributed by atoms with Crippen LogP contribution in [-0.2, 0) is 16.6 Å². The Kier molecular flexibility index (Phi) is 4.81. The molecule has 3 heteroatoms. The van der Waals surface area contributed by atoms with Gasteiger partial charge in [0.25, 0.3) is 0 Å². The van der Waals surface area contributed by atoms with Gasteiger partial charge in [-0.2, -0.15) is 0 Å². The van der Waals surface area contributed by atoms with Crippen molar-refractivity contribution in [3.63, 3.8) is 0 Å². The monoisotopic (exact) mass is 266 g/mol. The first-order valence-electron chi connectivity index (χ1n) is 6.67. The van der Waals surface area contributed by atoms with Crippen molar-refractivity contribution in [2.24, 2.45) is 5.92 Å². The van der Waals surface area contributed by atoms with Gasteiger partial charge in [-0.15, -0.1) is 0 Å². The zero-order chi connectivity index (χ0) is 13.0. The lowest BCUT2D eigenvalue weighted by molar-refractivity contribution is 0.411. The number of methoxy groups -OCH3 is 1. The van der Waals surface area contributed by atoms with Crippen LogP contribution < -0.4 is 4.74 Å². The van der Waals surface area contributed by atoms with Crippen LogP contribution in [0, 0.1) is 12.8 Å². The van der Waals surface area contributed by atoms with Crippen molar-refractivity contribution in [2.75, 3.05) is 12.9 Å². The highest BCUT2D eigenvalue weighted by molar-refractivity contribution is 7.84. The summed E-state index contributed by atoms with van der Waals surface area (Å²) < 4.78 is 17.5. The smallest absolute Gasteiger partial charge is 0.123 e. The van der Waals surface area contributed by atoms with Gasteiger partial charge in [0.15, 0.2) is 0 Å². The van der Waals surface area contributed by atoms with Gasteiger partial charge in [-0.25, -0.2) is 0 Å². The Morgan fingerprint density at radius 2 is 2.06 bits per heavy atom. The number of hydrogen-bond acceptors (Lipinski definition) is 2. The fourth-order valence-corrected chi connectivity index (χ4v) is 4.24. The Labute approximate surface area is 112 Å². The molecule has 0 saturated heterocycles. The molecule has 1 aliphatic rings. The summed E-state index contributed by atoms with van der Waals surface area (Å²) in [4.78, 5) is 0. The van der Waals surface area contributed by atoms with Crippen molar-refractivity contribution >= 4 is 10.8 Å². The summed E-state index contributed by atoms with van der Waals surface area (Å²) in [5, 5.41) is 0. The minimum Gasteiger partial charge on any atom is -0.496 e. The summed E-state index contributed by atoms with van der Waals surface area (Å²) in [6, 6.07) is 6.09. The third kappa shape index (κ3) is 3.58. The second kappa shape index (κ2) is 6.37. The molecule has 0 N–H and O–H groups in total. The third-order valence-electron chi connectivity index (χ3n) is 3.65. The highest BCUT2D eigenvalue weighted by atomic mass is 32.2. The first kappa shape index (κ1) is 13.6. The highest BCUT2D eigenvalue weighted by Crippen LogP contribution is 2.27. The average molecular weight is 266 g/mol. The fourth-order valence-electron chi connectivity index (χ4n) is 2.69. The number of benzene rings is 1. The summed E-state index contributed by atoms with van der Waals surface area (Å²) >= 11 is 0. The van der Waals surface area contributed by atoms with E-state index in [1.165, 1.54) is 31.2 Å². The molecule has 100 valence electrons. The normalized spacial score (nSPS) is 17.9.